The highest BCUT2D eigenvalue weighted by Gasteiger charge is 2.03. The van der Waals surface area contributed by atoms with E-state index in [4.69, 9.17) is 10.5 Å². The summed E-state index contributed by atoms with van der Waals surface area (Å²) in [6.07, 6.45) is 1.33. The van der Waals surface area contributed by atoms with E-state index < -0.39 is 5.82 Å². The third-order valence-corrected chi connectivity index (χ3v) is 2.36. The highest BCUT2D eigenvalue weighted by Crippen LogP contribution is 2.22. The molecule has 0 aliphatic carbocycles. The molecule has 0 unspecified atom stereocenters. The molecule has 14 heavy (non-hydrogen) atoms. The first-order valence-corrected chi connectivity index (χ1v) is 4.44. The zero-order chi connectivity index (χ0) is 10.6. The number of halogens is 2. The highest BCUT2D eigenvalue weighted by atomic mass is 79.9. The molecular formula is C10H4BrFN2. The van der Waals surface area contributed by atoms with E-state index in [2.05, 4.69) is 15.9 Å². The van der Waals surface area contributed by atoms with Gasteiger partial charge in [-0.2, -0.15) is 10.5 Å². The van der Waals surface area contributed by atoms with Crippen LogP contribution < -0.4 is 0 Å². The van der Waals surface area contributed by atoms with Crippen LogP contribution in [0.15, 0.2) is 28.2 Å². The summed E-state index contributed by atoms with van der Waals surface area (Å²) >= 11 is 3.03. The normalized spacial score (nSPS) is 8.57. The summed E-state index contributed by atoms with van der Waals surface area (Å²) < 4.78 is 13.2. The van der Waals surface area contributed by atoms with Gasteiger partial charge in [0.15, 0.2) is 0 Å². The van der Waals surface area contributed by atoms with E-state index in [0.29, 0.717) is 5.56 Å². The molecule has 0 aromatic heterocycles. The molecule has 0 aliphatic heterocycles. The number of benzene rings is 1. The summed E-state index contributed by atoms with van der Waals surface area (Å²) in [5, 5.41) is 17.0. The Hall–Kier alpha value is -1.65. The molecule has 0 radical (unpaired) electrons. The van der Waals surface area contributed by atoms with Crippen LogP contribution in [-0.2, 0) is 0 Å². The van der Waals surface area contributed by atoms with E-state index in [1.54, 1.807) is 18.2 Å². The first kappa shape index (κ1) is 10.4. The van der Waals surface area contributed by atoms with Crippen LogP contribution in [0, 0.1) is 28.5 Å². The van der Waals surface area contributed by atoms with Crippen LogP contribution in [-0.4, -0.2) is 0 Å². The molecule has 0 heterocycles. The van der Waals surface area contributed by atoms with Crippen molar-refractivity contribution in [1.82, 2.24) is 0 Å². The largest absolute Gasteiger partial charge is 0.206 e. The molecule has 0 saturated carbocycles. The Morgan fingerprint density at radius 2 is 2.00 bits per heavy atom. The minimum absolute atomic E-state index is 0.0590. The maximum absolute atomic E-state index is 13.0. The highest BCUT2D eigenvalue weighted by molar-refractivity contribution is 9.10. The van der Waals surface area contributed by atoms with Crippen LogP contribution in [0.3, 0.4) is 0 Å². The maximum Gasteiger partial charge on any atom is 0.137 e. The van der Waals surface area contributed by atoms with Crippen LogP contribution in [0.4, 0.5) is 4.39 Å². The Labute approximate surface area is 89.0 Å². The minimum atomic E-state index is -0.422. The molecule has 0 N–H and O–H groups in total. The lowest BCUT2D eigenvalue weighted by Gasteiger charge is -1.98. The van der Waals surface area contributed by atoms with Gasteiger partial charge in [0.2, 0.25) is 0 Å². The summed E-state index contributed by atoms with van der Waals surface area (Å²) in [7, 11) is 0. The van der Waals surface area contributed by atoms with Gasteiger partial charge >= 0.3 is 0 Å². The van der Waals surface area contributed by atoms with Gasteiger partial charge in [0, 0.05) is 0 Å². The molecule has 0 bridgehead atoms. The molecule has 4 heteroatoms. The predicted molar refractivity (Wildman–Crippen MR) is 53.3 cm³/mol. The van der Waals surface area contributed by atoms with Gasteiger partial charge in [-0.15, -0.1) is 0 Å². The van der Waals surface area contributed by atoms with Gasteiger partial charge in [-0.3, -0.25) is 0 Å². The Balaban J connectivity index is 3.24. The van der Waals surface area contributed by atoms with Crippen molar-refractivity contribution in [3.8, 4) is 12.1 Å². The maximum atomic E-state index is 13.0. The van der Waals surface area contributed by atoms with E-state index in [-0.39, 0.29) is 10.0 Å². The average Bonchev–Trinajstić information content (AvgIpc) is 2.20. The van der Waals surface area contributed by atoms with E-state index in [0.717, 1.165) is 0 Å². The first-order chi connectivity index (χ1) is 6.69. The van der Waals surface area contributed by atoms with Gasteiger partial charge in [-0.1, -0.05) is 12.1 Å². The van der Waals surface area contributed by atoms with Crippen molar-refractivity contribution in [3.05, 3.63) is 39.6 Å². The molecule has 2 nitrogen and oxygen atoms in total. The molecule has 0 saturated heterocycles. The van der Waals surface area contributed by atoms with E-state index in [9.17, 15) is 4.39 Å². The lowest BCUT2D eigenvalue weighted by molar-refractivity contribution is 0.621. The SMILES string of the molecule is N#CC(C#N)=Cc1cccc(F)c1Br. The molecule has 0 aliphatic rings. The quantitative estimate of drug-likeness (QED) is 0.720. The third kappa shape index (κ3) is 2.18. The summed E-state index contributed by atoms with van der Waals surface area (Å²) in [4.78, 5) is 0. The zero-order valence-corrected chi connectivity index (χ0v) is 8.55. The molecular weight excluding hydrogens is 247 g/mol. The van der Waals surface area contributed by atoms with Crippen LogP contribution in [0.5, 0.6) is 0 Å². The second kappa shape index (κ2) is 4.55. The van der Waals surface area contributed by atoms with Crippen molar-refractivity contribution in [2.75, 3.05) is 0 Å². The van der Waals surface area contributed by atoms with Gasteiger partial charge in [-0.05, 0) is 33.6 Å². The number of nitrogens with zero attached hydrogens (tertiary/aromatic N) is 2. The van der Waals surface area contributed by atoms with E-state index in [1.807, 2.05) is 0 Å². The van der Waals surface area contributed by atoms with E-state index in [1.165, 1.54) is 18.2 Å². The Morgan fingerprint density at radius 1 is 1.36 bits per heavy atom. The molecule has 1 aromatic rings. The van der Waals surface area contributed by atoms with Gasteiger partial charge in [-0.25, -0.2) is 4.39 Å². The molecule has 1 rings (SSSR count). The first-order valence-electron chi connectivity index (χ1n) is 3.65. The van der Waals surface area contributed by atoms with Crippen molar-refractivity contribution in [2.45, 2.75) is 0 Å². The fourth-order valence-electron chi connectivity index (χ4n) is 0.877. The van der Waals surface area contributed by atoms with Crippen LogP contribution in [0.2, 0.25) is 0 Å². The molecule has 0 spiro atoms. The summed E-state index contributed by atoms with van der Waals surface area (Å²) in [6, 6.07) is 7.82. The molecule has 0 amide bonds. The molecule has 0 atom stereocenters. The van der Waals surface area contributed by atoms with Crippen LogP contribution in [0.1, 0.15) is 5.56 Å². The number of hydrogen-bond acceptors (Lipinski definition) is 2. The van der Waals surface area contributed by atoms with Gasteiger partial charge in [0.25, 0.3) is 0 Å². The fraction of sp³-hybridized carbons (Fsp3) is 0. The van der Waals surface area contributed by atoms with Gasteiger partial charge < -0.3 is 0 Å². The summed E-state index contributed by atoms with van der Waals surface area (Å²) in [5.41, 5.74) is 0.416. The summed E-state index contributed by atoms with van der Waals surface area (Å²) in [5.74, 6) is -0.422. The smallest absolute Gasteiger partial charge is 0.137 e. The fourth-order valence-corrected chi connectivity index (χ4v) is 1.26. The zero-order valence-electron chi connectivity index (χ0n) is 6.96. The Morgan fingerprint density at radius 3 is 2.57 bits per heavy atom. The standard InChI is InChI=1S/C10H4BrFN2/c11-10-8(2-1-3-9(10)12)4-7(5-13)6-14/h1-4H. The average molecular weight is 251 g/mol. The molecule has 1 aromatic carbocycles. The van der Waals surface area contributed by atoms with Crippen molar-refractivity contribution in [3.63, 3.8) is 0 Å². The number of rotatable bonds is 1. The van der Waals surface area contributed by atoms with Gasteiger partial charge in [0.1, 0.15) is 23.5 Å². The number of hydrogen-bond donors (Lipinski definition) is 0. The van der Waals surface area contributed by atoms with Crippen LogP contribution >= 0.6 is 15.9 Å². The monoisotopic (exact) mass is 250 g/mol. The number of allylic oxidation sites excluding steroid dienone is 1. The van der Waals surface area contributed by atoms with Crippen molar-refractivity contribution in [1.29, 1.82) is 10.5 Å². The predicted octanol–water partition coefficient (Wildman–Crippen LogP) is 3.02. The second-order valence-corrected chi connectivity index (χ2v) is 3.22. The molecule has 68 valence electrons. The topological polar surface area (TPSA) is 47.6 Å². The van der Waals surface area contributed by atoms with E-state index >= 15 is 0 Å². The van der Waals surface area contributed by atoms with Crippen LogP contribution in [0.25, 0.3) is 6.08 Å². The Bertz CT molecular complexity index is 450. The second-order valence-electron chi connectivity index (χ2n) is 2.42. The third-order valence-electron chi connectivity index (χ3n) is 1.52. The minimum Gasteiger partial charge on any atom is -0.206 e. The number of nitriles is 2. The van der Waals surface area contributed by atoms with Crippen molar-refractivity contribution >= 4 is 22.0 Å². The summed E-state index contributed by atoms with van der Waals surface area (Å²) in [6.45, 7) is 0. The van der Waals surface area contributed by atoms with Crippen molar-refractivity contribution < 1.29 is 4.39 Å². The van der Waals surface area contributed by atoms with Crippen molar-refractivity contribution in [2.24, 2.45) is 0 Å². The molecule has 0 fully saturated rings. The Kier molecular flexibility index (Phi) is 3.39. The lowest BCUT2D eigenvalue weighted by atomic mass is 10.1. The van der Waals surface area contributed by atoms with Gasteiger partial charge in [0.05, 0.1) is 4.47 Å². The lowest BCUT2D eigenvalue weighted by Crippen LogP contribution is -1.82.